The van der Waals surface area contributed by atoms with Gasteiger partial charge in [0.2, 0.25) is 0 Å². The average Bonchev–Trinajstić information content (AvgIpc) is 1.81. The van der Waals surface area contributed by atoms with Crippen molar-refractivity contribution in [2.24, 2.45) is 0 Å². The number of rotatable bonds is 4. The average molecular weight is 185 g/mol. The van der Waals surface area contributed by atoms with Gasteiger partial charge in [0.25, 0.3) is 0 Å². The van der Waals surface area contributed by atoms with Crippen LogP contribution in [0.1, 0.15) is 27.2 Å². The van der Waals surface area contributed by atoms with Gasteiger partial charge in [-0.25, -0.2) is 0 Å². The molecule has 3 heteroatoms. The molecule has 0 aromatic carbocycles. The van der Waals surface area contributed by atoms with Gasteiger partial charge in [0.15, 0.2) is 0 Å². The summed E-state index contributed by atoms with van der Waals surface area (Å²) in [6.45, 7) is 13.4. The second-order valence-electron chi connectivity index (χ2n) is 3.99. The second kappa shape index (κ2) is 5.22. The molecule has 0 saturated heterocycles. The van der Waals surface area contributed by atoms with Crippen LogP contribution in [0.4, 0.5) is 0 Å². The number of hydrogen-bond acceptors (Lipinski definition) is 3. The van der Waals surface area contributed by atoms with Crippen LogP contribution in [0.15, 0.2) is 0 Å². The van der Waals surface area contributed by atoms with E-state index in [-0.39, 0.29) is 12.0 Å². The van der Waals surface area contributed by atoms with Crippen LogP contribution in [0, 0.1) is 13.8 Å². The summed E-state index contributed by atoms with van der Waals surface area (Å²) >= 11 is 0. The van der Waals surface area contributed by atoms with E-state index < -0.39 is 5.60 Å². The standard InChI is InChI=1S/C10H19NO2/c1-8(2)11-7-6-9(12)13-10(3,4)5/h8,11H,1-2,6-7H2,3-5H3. The van der Waals surface area contributed by atoms with Gasteiger partial charge in [-0.15, -0.1) is 0 Å². The quantitative estimate of drug-likeness (QED) is 0.672. The first-order valence-corrected chi connectivity index (χ1v) is 4.42. The predicted octanol–water partition coefficient (Wildman–Crippen LogP) is 1.34. The number of esters is 1. The minimum atomic E-state index is -0.397. The largest absolute Gasteiger partial charge is 0.460 e. The lowest BCUT2D eigenvalue weighted by atomic mass is 10.2. The Morgan fingerprint density at radius 3 is 2.38 bits per heavy atom. The van der Waals surface area contributed by atoms with Crippen LogP contribution in [-0.4, -0.2) is 24.2 Å². The zero-order valence-electron chi connectivity index (χ0n) is 8.72. The fraction of sp³-hybridized carbons (Fsp3) is 0.700. The number of carbonyl (C=O) groups is 1. The van der Waals surface area contributed by atoms with Crippen LogP contribution in [0.3, 0.4) is 0 Å². The van der Waals surface area contributed by atoms with E-state index in [1.54, 1.807) is 0 Å². The Bertz CT molecular complexity index is 159. The molecule has 13 heavy (non-hydrogen) atoms. The van der Waals surface area contributed by atoms with Crippen LogP contribution in [-0.2, 0) is 9.53 Å². The molecule has 0 aliphatic rings. The molecule has 0 aromatic rings. The maximum absolute atomic E-state index is 11.1. The van der Waals surface area contributed by atoms with Crippen molar-refractivity contribution >= 4 is 5.97 Å². The highest BCUT2D eigenvalue weighted by Crippen LogP contribution is 2.07. The van der Waals surface area contributed by atoms with Crippen molar-refractivity contribution in [2.45, 2.75) is 38.8 Å². The third kappa shape index (κ3) is 9.34. The Hall–Kier alpha value is -0.570. The molecule has 2 radical (unpaired) electrons. The molecule has 0 aliphatic carbocycles. The van der Waals surface area contributed by atoms with Gasteiger partial charge in [-0.3, -0.25) is 4.79 Å². The molecule has 0 fully saturated rings. The molecule has 0 amide bonds. The smallest absolute Gasteiger partial charge is 0.307 e. The Labute approximate surface area is 80.8 Å². The van der Waals surface area contributed by atoms with Gasteiger partial charge in [-0.05, 0) is 34.6 Å². The minimum Gasteiger partial charge on any atom is -0.460 e. The number of ether oxygens (including phenoxy) is 1. The lowest BCUT2D eigenvalue weighted by molar-refractivity contribution is -0.154. The topological polar surface area (TPSA) is 38.3 Å². The van der Waals surface area contributed by atoms with Gasteiger partial charge in [0, 0.05) is 12.6 Å². The highest BCUT2D eigenvalue weighted by molar-refractivity contribution is 5.70. The van der Waals surface area contributed by atoms with Crippen molar-refractivity contribution in [2.75, 3.05) is 6.54 Å². The van der Waals surface area contributed by atoms with E-state index in [4.69, 9.17) is 4.74 Å². The Balaban J connectivity index is 3.53. The predicted molar refractivity (Wildman–Crippen MR) is 53.0 cm³/mol. The van der Waals surface area contributed by atoms with Crippen LogP contribution in [0.2, 0.25) is 0 Å². The van der Waals surface area contributed by atoms with E-state index in [1.165, 1.54) is 0 Å². The van der Waals surface area contributed by atoms with Crippen LogP contribution >= 0.6 is 0 Å². The van der Waals surface area contributed by atoms with Crippen molar-refractivity contribution in [1.29, 1.82) is 0 Å². The Kier molecular flexibility index (Phi) is 4.99. The lowest BCUT2D eigenvalue weighted by Gasteiger charge is -2.19. The van der Waals surface area contributed by atoms with Crippen LogP contribution in [0.25, 0.3) is 0 Å². The molecule has 76 valence electrons. The summed E-state index contributed by atoms with van der Waals surface area (Å²) < 4.78 is 5.10. The zero-order valence-corrected chi connectivity index (χ0v) is 8.72. The lowest BCUT2D eigenvalue weighted by Crippen LogP contribution is -2.29. The highest BCUT2D eigenvalue weighted by Gasteiger charge is 2.15. The third-order valence-corrected chi connectivity index (χ3v) is 1.18. The normalized spacial score (nSPS) is 11.8. The molecule has 0 aliphatic heterocycles. The SMILES string of the molecule is [CH2]C([CH2])NCCC(=O)OC(C)(C)C. The van der Waals surface area contributed by atoms with Crippen LogP contribution < -0.4 is 5.32 Å². The summed E-state index contributed by atoms with van der Waals surface area (Å²) in [5, 5.41) is 2.94. The summed E-state index contributed by atoms with van der Waals surface area (Å²) in [6.07, 6.45) is 0.360. The first kappa shape index (κ1) is 12.4. The van der Waals surface area contributed by atoms with Crippen molar-refractivity contribution in [3.8, 4) is 0 Å². The monoisotopic (exact) mass is 185 g/mol. The fourth-order valence-electron chi connectivity index (χ4n) is 0.771. The first-order valence-electron chi connectivity index (χ1n) is 4.42. The summed E-state index contributed by atoms with van der Waals surface area (Å²) in [5.74, 6) is -0.194. The Morgan fingerprint density at radius 2 is 2.00 bits per heavy atom. The molecule has 3 nitrogen and oxygen atoms in total. The molecule has 0 rings (SSSR count). The van der Waals surface area contributed by atoms with Gasteiger partial charge in [0.05, 0.1) is 6.42 Å². The molecule has 0 bridgehead atoms. The maximum Gasteiger partial charge on any atom is 0.307 e. The fourth-order valence-corrected chi connectivity index (χ4v) is 0.771. The molecule has 0 unspecified atom stereocenters. The summed E-state index contributed by atoms with van der Waals surface area (Å²) in [6, 6.07) is -0.0811. The van der Waals surface area contributed by atoms with Gasteiger partial charge in [-0.2, -0.15) is 0 Å². The molecule has 0 atom stereocenters. The van der Waals surface area contributed by atoms with Crippen molar-refractivity contribution in [1.82, 2.24) is 5.32 Å². The number of carbonyl (C=O) groups excluding carboxylic acids is 1. The van der Waals surface area contributed by atoms with E-state index in [1.807, 2.05) is 20.8 Å². The minimum absolute atomic E-state index is 0.0811. The van der Waals surface area contributed by atoms with Crippen molar-refractivity contribution < 1.29 is 9.53 Å². The summed E-state index contributed by atoms with van der Waals surface area (Å²) in [5.41, 5.74) is -0.397. The molecule has 0 heterocycles. The molecule has 0 aromatic heterocycles. The molecule has 1 N–H and O–H groups in total. The van der Waals surface area contributed by atoms with E-state index in [2.05, 4.69) is 19.2 Å². The Morgan fingerprint density at radius 1 is 1.46 bits per heavy atom. The maximum atomic E-state index is 11.1. The number of nitrogens with one attached hydrogen (secondary N) is 1. The summed E-state index contributed by atoms with van der Waals surface area (Å²) in [7, 11) is 0. The van der Waals surface area contributed by atoms with Gasteiger partial charge in [-0.1, -0.05) is 0 Å². The molecule has 0 saturated carbocycles. The van der Waals surface area contributed by atoms with Crippen LogP contribution in [0.5, 0.6) is 0 Å². The van der Waals surface area contributed by atoms with E-state index in [9.17, 15) is 4.79 Å². The highest BCUT2D eigenvalue weighted by atomic mass is 16.6. The third-order valence-electron chi connectivity index (χ3n) is 1.18. The summed E-state index contributed by atoms with van der Waals surface area (Å²) in [4.78, 5) is 11.1. The van der Waals surface area contributed by atoms with Crippen molar-refractivity contribution in [3.05, 3.63) is 13.8 Å². The van der Waals surface area contributed by atoms with E-state index in [0.717, 1.165) is 0 Å². The van der Waals surface area contributed by atoms with E-state index in [0.29, 0.717) is 13.0 Å². The number of hydrogen-bond donors (Lipinski definition) is 1. The first-order chi connectivity index (χ1) is 5.81. The molecule has 0 spiro atoms. The van der Waals surface area contributed by atoms with Gasteiger partial charge in [0.1, 0.15) is 5.60 Å². The molecular weight excluding hydrogens is 166 g/mol. The zero-order chi connectivity index (χ0) is 10.5. The van der Waals surface area contributed by atoms with Gasteiger partial charge < -0.3 is 10.1 Å². The second-order valence-corrected chi connectivity index (χ2v) is 3.99. The van der Waals surface area contributed by atoms with E-state index >= 15 is 0 Å². The van der Waals surface area contributed by atoms with Crippen molar-refractivity contribution in [3.63, 3.8) is 0 Å². The van der Waals surface area contributed by atoms with Gasteiger partial charge >= 0.3 is 5.97 Å². The molecular formula is C10H19NO2.